The van der Waals surface area contributed by atoms with Crippen molar-refractivity contribution >= 4 is 0 Å². The molecule has 0 saturated carbocycles. The van der Waals surface area contributed by atoms with E-state index in [2.05, 4.69) is 209 Å². The molecule has 1 heterocycles. The number of hydrogen-bond acceptors (Lipinski definition) is 2. The highest BCUT2D eigenvalue weighted by Gasteiger charge is 2.51. The van der Waals surface area contributed by atoms with Crippen LogP contribution in [0.1, 0.15) is 50.1 Å². The summed E-state index contributed by atoms with van der Waals surface area (Å²) in [6.45, 7) is 6.64. The molecular formula is C63H46N2. The third-order valence-electron chi connectivity index (χ3n) is 13.9. The van der Waals surface area contributed by atoms with Gasteiger partial charge in [-0.05, 0) is 128 Å². The highest BCUT2D eigenvalue weighted by atomic mass is 14.9. The molecule has 308 valence electrons. The van der Waals surface area contributed by atoms with Crippen LogP contribution in [0.3, 0.4) is 0 Å². The van der Waals surface area contributed by atoms with Crippen molar-refractivity contribution in [2.24, 2.45) is 0 Å². The summed E-state index contributed by atoms with van der Waals surface area (Å²) in [6.07, 6.45) is 0.973. The fraction of sp³-hybridized carbons (Fsp3) is 0.0794. The van der Waals surface area contributed by atoms with Gasteiger partial charge in [0.05, 0.1) is 16.8 Å². The molecule has 2 heteroatoms. The van der Waals surface area contributed by atoms with Gasteiger partial charge in [-0.2, -0.15) is 0 Å². The minimum atomic E-state index is -0.256. The van der Waals surface area contributed by atoms with Crippen molar-refractivity contribution in [3.8, 4) is 78.4 Å². The summed E-state index contributed by atoms with van der Waals surface area (Å²) in [5.41, 5.74) is 28.0. The summed E-state index contributed by atoms with van der Waals surface area (Å²) < 4.78 is 0. The summed E-state index contributed by atoms with van der Waals surface area (Å²) in [7, 11) is 0. The zero-order valence-electron chi connectivity index (χ0n) is 36.8. The second kappa shape index (κ2) is 15.4. The Morgan fingerprint density at radius 3 is 1.55 bits per heavy atom. The normalized spacial score (nSPS) is 12.9. The second-order valence-electron chi connectivity index (χ2n) is 17.8. The number of hydrogen-bond donors (Lipinski definition) is 0. The maximum Gasteiger partial charge on any atom is 0.160 e. The van der Waals surface area contributed by atoms with Crippen LogP contribution in [0.2, 0.25) is 0 Å². The summed E-state index contributed by atoms with van der Waals surface area (Å²) in [6, 6.07) is 76.8. The van der Waals surface area contributed by atoms with E-state index >= 15 is 0 Å². The summed E-state index contributed by atoms with van der Waals surface area (Å²) >= 11 is 0. The molecule has 3 aliphatic rings. The van der Waals surface area contributed by atoms with Gasteiger partial charge in [-0.1, -0.05) is 206 Å². The molecule has 3 aliphatic carbocycles. The van der Waals surface area contributed by atoms with E-state index in [0.717, 1.165) is 34.8 Å². The molecule has 0 fully saturated rings. The fourth-order valence-corrected chi connectivity index (χ4v) is 11.0. The van der Waals surface area contributed by atoms with Gasteiger partial charge in [-0.15, -0.1) is 0 Å². The first-order valence-corrected chi connectivity index (χ1v) is 22.7. The van der Waals surface area contributed by atoms with Crippen LogP contribution in [-0.4, -0.2) is 9.97 Å². The van der Waals surface area contributed by atoms with E-state index in [1.807, 2.05) is 24.3 Å². The molecule has 0 N–H and O–H groups in total. The van der Waals surface area contributed by atoms with Crippen LogP contribution >= 0.6 is 0 Å². The van der Waals surface area contributed by atoms with E-state index in [9.17, 15) is 0 Å². The first kappa shape index (κ1) is 38.7. The number of benzene rings is 9. The van der Waals surface area contributed by atoms with Gasteiger partial charge in [0.1, 0.15) is 0 Å². The van der Waals surface area contributed by atoms with Crippen LogP contribution < -0.4 is 0 Å². The van der Waals surface area contributed by atoms with Gasteiger partial charge in [-0.25, -0.2) is 9.97 Å². The van der Waals surface area contributed by atoms with Crippen LogP contribution in [0, 0.1) is 20.8 Å². The second-order valence-corrected chi connectivity index (χ2v) is 17.8. The lowest BCUT2D eigenvalue weighted by Gasteiger charge is -2.30. The Hall–Kier alpha value is -7.94. The average molecular weight is 831 g/mol. The number of rotatable bonds is 4. The summed E-state index contributed by atoms with van der Waals surface area (Å²) in [5.74, 6) is 0.752. The molecule has 1 aromatic heterocycles. The van der Waals surface area contributed by atoms with E-state index in [0.29, 0.717) is 0 Å². The molecule has 0 aliphatic heterocycles. The van der Waals surface area contributed by atoms with Gasteiger partial charge in [-0.3, -0.25) is 0 Å². The summed E-state index contributed by atoms with van der Waals surface area (Å²) in [4.78, 5) is 10.0. The lowest BCUT2D eigenvalue weighted by atomic mass is 9.70. The third kappa shape index (κ3) is 6.16. The third-order valence-corrected chi connectivity index (χ3v) is 13.9. The Morgan fingerprint density at radius 2 is 0.892 bits per heavy atom. The molecule has 9 aromatic carbocycles. The highest BCUT2D eigenvalue weighted by Crippen LogP contribution is 2.63. The maximum absolute atomic E-state index is 5.06. The molecule has 0 amide bonds. The van der Waals surface area contributed by atoms with Crippen molar-refractivity contribution < 1.29 is 0 Å². The van der Waals surface area contributed by atoms with Gasteiger partial charge >= 0.3 is 0 Å². The highest BCUT2D eigenvalue weighted by molar-refractivity contribution is 5.97. The molecule has 0 saturated heterocycles. The van der Waals surface area contributed by atoms with Crippen LogP contribution in [0.15, 0.2) is 212 Å². The molecule has 0 atom stereocenters. The molecule has 0 radical (unpaired) electrons. The topological polar surface area (TPSA) is 25.8 Å². The van der Waals surface area contributed by atoms with Gasteiger partial charge < -0.3 is 0 Å². The first-order valence-electron chi connectivity index (χ1n) is 22.7. The number of aryl methyl sites for hydroxylation is 3. The predicted octanol–water partition coefficient (Wildman–Crippen LogP) is 15.7. The van der Waals surface area contributed by atoms with Crippen LogP contribution in [0.25, 0.3) is 78.4 Å². The van der Waals surface area contributed by atoms with Crippen molar-refractivity contribution in [1.29, 1.82) is 0 Å². The largest absolute Gasteiger partial charge is 0.228 e. The lowest BCUT2D eigenvalue weighted by Crippen LogP contribution is -2.25. The minimum Gasteiger partial charge on any atom is -0.228 e. The lowest BCUT2D eigenvalue weighted by molar-refractivity contribution is 0.793. The zero-order chi connectivity index (χ0) is 43.6. The molecule has 0 bridgehead atoms. The fourth-order valence-electron chi connectivity index (χ4n) is 11.0. The molecule has 1 spiro atoms. The number of fused-ring (bicyclic) bond motifs is 13. The minimum absolute atomic E-state index is 0.256. The van der Waals surface area contributed by atoms with Gasteiger partial charge in [0, 0.05) is 16.7 Å². The Kier molecular flexibility index (Phi) is 9.17. The maximum atomic E-state index is 5.06. The Labute approximate surface area is 381 Å². The standard InChI is InChI=1S/C33H24.C30H22N2/c1-21-11-3-4-12-23(21)27-20-28-26-15-7-10-18-31(26)33(32(28)19-22(27)2)29-16-8-5-13-24(29)25-14-6-9-17-30(25)33;1-20-15-16-23-18-24-13-8-14-25(29(24)26(23)17-20)28-19-27(21-9-4-2-5-10-21)31-30(32-28)22-11-6-3-7-12-22/h3-20H,1-2H3;2-17,19H,18H2,1H3. The molecule has 13 rings (SSSR count). The van der Waals surface area contributed by atoms with E-state index < -0.39 is 0 Å². The molecule has 10 aromatic rings. The molecule has 2 nitrogen and oxygen atoms in total. The monoisotopic (exact) mass is 830 g/mol. The molecular weight excluding hydrogens is 785 g/mol. The van der Waals surface area contributed by atoms with Gasteiger partial charge in [0.2, 0.25) is 0 Å². The van der Waals surface area contributed by atoms with Crippen LogP contribution in [-0.2, 0) is 11.8 Å². The summed E-state index contributed by atoms with van der Waals surface area (Å²) in [5, 5.41) is 0. The average Bonchev–Trinajstić information content (AvgIpc) is 3.98. The van der Waals surface area contributed by atoms with Crippen LogP contribution in [0.5, 0.6) is 0 Å². The Bertz CT molecular complexity index is 3390. The van der Waals surface area contributed by atoms with Crippen molar-refractivity contribution in [3.63, 3.8) is 0 Å². The SMILES string of the molecule is Cc1ccc2c(c1)-c1c(cccc1-c1cc(-c3ccccc3)nc(-c3ccccc3)n1)C2.Cc1ccccc1-c1cc2c(cc1C)C1(c3ccccc3-c3ccccc31)c1ccccc1-2. The van der Waals surface area contributed by atoms with E-state index in [-0.39, 0.29) is 5.41 Å². The van der Waals surface area contributed by atoms with Crippen molar-refractivity contribution in [3.05, 3.63) is 262 Å². The number of nitrogens with zero attached hydrogens (tertiary/aromatic N) is 2. The number of aromatic nitrogens is 2. The quantitative estimate of drug-likeness (QED) is 0.177. The smallest absolute Gasteiger partial charge is 0.160 e. The Balaban J connectivity index is 0.000000137. The van der Waals surface area contributed by atoms with Crippen molar-refractivity contribution in [2.45, 2.75) is 32.6 Å². The van der Waals surface area contributed by atoms with E-state index in [4.69, 9.17) is 9.97 Å². The zero-order valence-corrected chi connectivity index (χ0v) is 36.8. The van der Waals surface area contributed by atoms with Gasteiger partial charge in [0.15, 0.2) is 5.82 Å². The molecule has 0 unspecified atom stereocenters. The Morgan fingerprint density at radius 1 is 0.338 bits per heavy atom. The van der Waals surface area contributed by atoms with Crippen molar-refractivity contribution in [1.82, 2.24) is 9.97 Å². The van der Waals surface area contributed by atoms with Crippen molar-refractivity contribution in [2.75, 3.05) is 0 Å². The van der Waals surface area contributed by atoms with E-state index in [1.54, 1.807) is 0 Å². The predicted molar refractivity (Wildman–Crippen MR) is 269 cm³/mol. The van der Waals surface area contributed by atoms with Gasteiger partial charge in [0.25, 0.3) is 0 Å². The molecule has 65 heavy (non-hydrogen) atoms. The van der Waals surface area contributed by atoms with E-state index in [1.165, 1.54) is 100 Å². The first-order chi connectivity index (χ1) is 32.0. The van der Waals surface area contributed by atoms with Crippen LogP contribution in [0.4, 0.5) is 0 Å².